The molecule has 0 fully saturated rings. The Labute approximate surface area is 50.8 Å². The van der Waals surface area contributed by atoms with Gasteiger partial charge in [0.05, 0.1) is 0 Å². The Bertz CT molecular complexity index is 9.61. The SMILES string of the molecule is C=C.[Cu].[H-].[Li+]. The van der Waals surface area contributed by atoms with Crippen molar-refractivity contribution in [1.82, 2.24) is 0 Å². The van der Waals surface area contributed by atoms with Gasteiger partial charge in [-0.3, -0.25) is 0 Å². The molecule has 0 nitrogen and oxygen atoms in total. The molecule has 0 saturated carbocycles. The van der Waals surface area contributed by atoms with Crippen LogP contribution in [0.1, 0.15) is 1.43 Å². The molecule has 0 spiro atoms. The zero-order valence-corrected chi connectivity index (χ0v) is 3.66. The minimum Gasteiger partial charge on any atom is -1.00 e. The van der Waals surface area contributed by atoms with Gasteiger partial charge in [0.25, 0.3) is 0 Å². The monoisotopic (exact) mass is 99.0 g/mol. The third kappa shape index (κ3) is 13.4. The maximum atomic E-state index is 3.00. The van der Waals surface area contributed by atoms with Crippen LogP contribution in [-0.2, 0) is 17.1 Å². The van der Waals surface area contributed by atoms with Gasteiger partial charge < -0.3 is 1.43 Å². The van der Waals surface area contributed by atoms with Crippen molar-refractivity contribution in [2.24, 2.45) is 0 Å². The van der Waals surface area contributed by atoms with Gasteiger partial charge in [0.15, 0.2) is 0 Å². The second-order valence-electron chi connectivity index (χ2n) is 0. The summed E-state index contributed by atoms with van der Waals surface area (Å²) < 4.78 is 0. The van der Waals surface area contributed by atoms with Crippen molar-refractivity contribution in [3.05, 3.63) is 13.2 Å². The van der Waals surface area contributed by atoms with Crippen molar-refractivity contribution in [1.29, 1.82) is 0 Å². The van der Waals surface area contributed by atoms with E-state index in [1.165, 1.54) is 0 Å². The van der Waals surface area contributed by atoms with Gasteiger partial charge in [-0.1, -0.05) is 0 Å². The first kappa shape index (κ1) is 21.0. The van der Waals surface area contributed by atoms with E-state index >= 15 is 0 Å². The summed E-state index contributed by atoms with van der Waals surface area (Å²) in [4.78, 5) is 0. The smallest absolute Gasteiger partial charge is 1.00 e. The summed E-state index contributed by atoms with van der Waals surface area (Å²) in [6.45, 7) is 6.00. The van der Waals surface area contributed by atoms with E-state index in [1.807, 2.05) is 0 Å². The van der Waals surface area contributed by atoms with E-state index in [0.717, 1.165) is 0 Å². The Morgan fingerprint density at radius 2 is 1.25 bits per heavy atom. The molecule has 0 aromatic heterocycles. The molecule has 0 amide bonds. The predicted octanol–water partition coefficient (Wildman–Crippen LogP) is -2.08. The molecular formula is C2H5CuLi. The maximum Gasteiger partial charge on any atom is 1.00 e. The molecule has 0 bridgehead atoms. The molecule has 1 radical (unpaired) electrons. The van der Waals surface area contributed by atoms with Crippen molar-refractivity contribution >= 4 is 0 Å². The van der Waals surface area contributed by atoms with Gasteiger partial charge in [-0.25, -0.2) is 0 Å². The van der Waals surface area contributed by atoms with Crippen LogP contribution in [0, 0.1) is 0 Å². The molecule has 0 heterocycles. The fourth-order valence-corrected chi connectivity index (χ4v) is 0. The van der Waals surface area contributed by atoms with Crippen LogP contribution < -0.4 is 18.9 Å². The van der Waals surface area contributed by atoms with Crippen molar-refractivity contribution in [3.63, 3.8) is 0 Å². The average Bonchev–Trinajstić information content (AvgIpc) is 1.00. The quantitative estimate of drug-likeness (QED) is 0.242. The molecule has 0 unspecified atom stereocenters. The van der Waals surface area contributed by atoms with Crippen LogP contribution in [0.5, 0.6) is 0 Å². The Morgan fingerprint density at radius 1 is 1.25 bits per heavy atom. The Hall–Kier alpha value is 0.857. The summed E-state index contributed by atoms with van der Waals surface area (Å²) in [5.74, 6) is 0. The number of hydrogen-bond acceptors (Lipinski definition) is 0. The molecule has 0 saturated heterocycles. The minimum atomic E-state index is 0. The summed E-state index contributed by atoms with van der Waals surface area (Å²) in [6.07, 6.45) is 0. The molecule has 0 aliphatic rings. The van der Waals surface area contributed by atoms with Crippen molar-refractivity contribution in [2.75, 3.05) is 0 Å². The largest absolute Gasteiger partial charge is 1.00 e. The van der Waals surface area contributed by atoms with E-state index in [9.17, 15) is 0 Å². The normalized spacial score (nSPS) is 1.00. The van der Waals surface area contributed by atoms with Crippen molar-refractivity contribution in [2.45, 2.75) is 0 Å². The first-order valence-electron chi connectivity index (χ1n) is 0.500. The molecule has 4 heavy (non-hydrogen) atoms. The van der Waals surface area contributed by atoms with Gasteiger partial charge in [0, 0.05) is 17.1 Å². The topological polar surface area (TPSA) is 0 Å². The minimum absolute atomic E-state index is 0. The van der Waals surface area contributed by atoms with Crippen LogP contribution in [-0.4, -0.2) is 0 Å². The Kier molecular flexibility index (Phi) is 225. The van der Waals surface area contributed by atoms with Crippen LogP contribution >= 0.6 is 0 Å². The summed E-state index contributed by atoms with van der Waals surface area (Å²) in [6, 6.07) is 0. The van der Waals surface area contributed by atoms with Crippen LogP contribution in [0.4, 0.5) is 0 Å². The average molecular weight is 99.5 g/mol. The summed E-state index contributed by atoms with van der Waals surface area (Å²) in [5, 5.41) is 0. The Balaban J connectivity index is -0.00000000167. The van der Waals surface area contributed by atoms with Crippen LogP contribution in [0.2, 0.25) is 0 Å². The molecule has 0 N–H and O–H groups in total. The Morgan fingerprint density at radius 3 is 1.25 bits per heavy atom. The molecular weight excluding hydrogens is 94.5 g/mol. The maximum absolute atomic E-state index is 3.00. The van der Waals surface area contributed by atoms with E-state index in [0.29, 0.717) is 0 Å². The van der Waals surface area contributed by atoms with E-state index in [2.05, 4.69) is 13.2 Å². The molecule has 25 valence electrons. The molecule has 0 aromatic carbocycles. The zero-order chi connectivity index (χ0) is 2.00. The number of rotatable bonds is 0. The molecule has 0 aliphatic heterocycles. The standard InChI is InChI=1S/C2H4.Cu.Li.H/c1-2;;;/h1-2H2;;;/q;;+1;-1. The zero-order valence-electron chi connectivity index (χ0n) is 3.72. The second kappa shape index (κ2) is 42.9. The van der Waals surface area contributed by atoms with Gasteiger partial charge in [-0.15, -0.1) is 13.2 Å². The first-order chi connectivity index (χ1) is 1.00. The van der Waals surface area contributed by atoms with Gasteiger partial charge in [-0.2, -0.15) is 0 Å². The summed E-state index contributed by atoms with van der Waals surface area (Å²) in [5.41, 5.74) is 0. The number of hydrogen-bond donors (Lipinski definition) is 0. The fourth-order valence-electron chi connectivity index (χ4n) is 0. The predicted molar refractivity (Wildman–Crippen MR) is 12.4 cm³/mol. The summed E-state index contributed by atoms with van der Waals surface area (Å²) in [7, 11) is 0. The fraction of sp³-hybridized carbons (Fsp3) is 0. The van der Waals surface area contributed by atoms with E-state index in [1.54, 1.807) is 0 Å². The second-order valence-corrected chi connectivity index (χ2v) is 0. The van der Waals surface area contributed by atoms with Gasteiger partial charge >= 0.3 is 18.9 Å². The molecule has 0 aromatic rings. The van der Waals surface area contributed by atoms with Gasteiger partial charge in [-0.05, 0) is 0 Å². The molecule has 0 rings (SSSR count). The van der Waals surface area contributed by atoms with Crippen molar-refractivity contribution < 1.29 is 37.4 Å². The molecule has 0 aliphatic carbocycles. The van der Waals surface area contributed by atoms with Crippen LogP contribution in [0.3, 0.4) is 0 Å². The molecule has 2 heteroatoms. The van der Waals surface area contributed by atoms with E-state index in [4.69, 9.17) is 0 Å². The van der Waals surface area contributed by atoms with E-state index < -0.39 is 0 Å². The van der Waals surface area contributed by atoms with Crippen LogP contribution in [0.25, 0.3) is 0 Å². The summed E-state index contributed by atoms with van der Waals surface area (Å²) >= 11 is 0. The molecule has 0 atom stereocenters. The van der Waals surface area contributed by atoms with Crippen LogP contribution in [0.15, 0.2) is 13.2 Å². The van der Waals surface area contributed by atoms with Gasteiger partial charge in [0.1, 0.15) is 0 Å². The van der Waals surface area contributed by atoms with Crippen molar-refractivity contribution in [3.8, 4) is 0 Å². The van der Waals surface area contributed by atoms with E-state index in [-0.39, 0.29) is 37.4 Å². The van der Waals surface area contributed by atoms with Gasteiger partial charge in [0.2, 0.25) is 0 Å². The third-order valence-electron chi connectivity index (χ3n) is 0. The third-order valence-corrected chi connectivity index (χ3v) is 0. The first-order valence-corrected chi connectivity index (χ1v) is 0.500.